The number of rotatable bonds is 7. The van der Waals surface area contributed by atoms with Crippen LogP contribution in [0.2, 0.25) is 0 Å². The molecule has 0 aromatic heterocycles. The van der Waals surface area contributed by atoms with Gasteiger partial charge in [0.15, 0.2) is 0 Å². The topological polar surface area (TPSA) is 56.1 Å². The van der Waals surface area contributed by atoms with Crippen LogP contribution in [0.15, 0.2) is 0 Å². The summed E-state index contributed by atoms with van der Waals surface area (Å²) in [5.41, 5.74) is 0. The van der Waals surface area contributed by atoms with Crippen molar-refractivity contribution in [3.8, 4) is 6.07 Å². The zero-order valence-corrected chi connectivity index (χ0v) is 10.8. The largest absolute Gasteiger partial charge is 0.353 e. The molecule has 0 radical (unpaired) electrons. The van der Waals surface area contributed by atoms with Gasteiger partial charge in [0, 0.05) is 25.6 Å². The molecule has 0 fully saturated rings. The van der Waals surface area contributed by atoms with Crippen LogP contribution < -0.4 is 5.32 Å². The van der Waals surface area contributed by atoms with Crippen LogP contribution in [0.5, 0.6) is 0 Å². The standard InChI is InChI=1S/C12H23N3O/c1-10(2)8-15(7-5-6-13)9-12(16)14-11(3)4/h10-11H,5,7-9H2,1-4H3,(H,14,16). The highest BCUT2D eigenvalue weighted by molar-refractivity contribution is 5.78. The molecular weight excluding hydrogens is 202 g/mol. The molecule has 1 amide bonds. The normalized spacial score (nSPS) is 10.9. The molecule has 16 heavy (non-hydrogen) atoms. The van der Waals surface area contributed by atoms with Crippen LogP contribution in [-0.4, -0.2) is 36.5 Å². The second-order valence-corrected chi connectivity index (χ2v) is 4.76. The summed E-state index contributed by atoms with van der Waals surface area (Å²) >= 11 is 0. The average molecular weight is 225 g/mol. The van der Waals surface area contributed by atoms with E-state index in [4.69, 9.17) is 5.26 Å². The van der Waals surface area contributed by atoms with Crippen LogP contribution in [0.1, 0.15) is 34.1 Å². The van der Waals surface area contributed by atoms with Crippen molar-refractivity contribution in [2.75, 3.05) is 19.6 Å². The molecule has 4 heteroatoms. The Labute approximate surface area is 98.6 Å². The smallest absolute Gasteiger partial charge is 0.234 e. The zero-order valence-electron chi connectivity index (χ0n) is 10.8. The highest BCUT2D eigenvalue weighted by Gasteiger charge is 2.12. The van der Waals surface area contributed by atoms with Crippen molar-refractivity contribution in [2.24, 2.45) is 5.92 Å². The zero-order chi connectivity index (χ0) is 12.6. The first kappa shape index (κ1) is 14.9. The fourth-order valence-corrected chi connectivity index (χ4v) is 1.53. The molecule has 0 atom stereocenters. The predicted octanol–water partition coefficient (Wildman–Crippen LogP) is 1.38. The van der Waals surface area contributed by atoms with Gasteiger partial charge in [0.1, 0.15) is 0 Å². The van der Waals surface area contributed by atoms with E-state index in [1.165, 1.54) is 0 Å². The minimum absolute atomic E-state index is 0.0357. The first-order valence-corrected chi connectivity index (χ1v) is 5.84. The quantitative estimate of drug-likeness (QED) is 0.712. The molecule has 0 unspecified atom stereocenters. The van der Waals surface area contributed by atoms with Gasteiger partial charge in [-0.2, -0.15) is 5.26 Å². The maximum Gasteiger partial charge on any atom is 0.234 e. The number of carbonyl (C=O) groups is 1. The summed E-state index contributed by atoms with van der Waals surface area (Å²) in [6.45, 7) is 10.0. The molecule has 0 saturated heterocycles. The molecule has 0 heterocycles. The van der Waals surface area contributed by atoms with Gasteiger partial charge in [-0.3, -0.25) is 9.69 Å². The van der Waals surface area contributed by atoms with Crippen molar-refractivity contribution in [1.82, 2.24) is 10.2 Å². The van der Waals surface area contributed by atoms with Crippen LogP contribution in [0.25, 0.3) is 0 Å². The highest BCUT2D eigenvalue weighted by Crippen LogP contribution is 1.99. The van der Waals surface area contributed by atoms with E-state index in [0.717, 1.165) is 6.54 Å². The summed E-state index contributed by atoms with van der Waals surface area (Å²) < 4.78 is 0. The second-order valence-electron chi connectivity index (χ2n) is 4.76. The van der Waals surface area contributed by atoms with Crippen LogP contribution in [-0.2, 0) is 4.79 Å². The van der Waals surface area contributed by atoms with Gasteiger partial charge < -0.3 is 5.32 Å². The lowest BCUT2D eigenvalue weighted by Gasteiger charge is -2.23. The Kier molecular flexibility index (Phi) is 7.57. The summed E-state index contributed by atoms with van der Waals surface area (Å²) in [5, 5.41) is 11.4. The van der Waals surface area contributed by atoms with E-state index in [9.17, 15) is 4.79 Å². The van der Waals surface area contributed by atoms with Gasteiger partial charge in [-0.05, 0) is 19.8 Å². The van der Waals surface area contributed by atoms with E-state index < -0.39 is 0 Å². The van der Waals surface area contributed by atoms with Crippen molar-refractivity contribution in [1.29, 1.82) is 5.26 Å². The molecule has 0 aromatic rings. The fraction of sp³-hybridized carbons (Fsp3) is 0.833. The molecule has 0 aliphatic heterocycles. The van der Waals surface area contributed by atoms with Gasteiger partial charge in [0.25, 0.3) is 0 Å². The average Bonchev–Trinajstić information content (AvgIpc) is 2.11. The van der Waals surface area contributed by atoms with Crippen molar-refractivity contribution in [3.63, 3.8) is 0 Å². The number of nitrogens with zero attached hydrogens (tertiary/aromatic N) is 2. The minimum Gasteiger partial charge on any atom is -0.353 e. The van der Waals surface area contributed by atoms with Crippen molar-refractivity contribution in [2.45, 2.75) is 40.2 Å². The number of nitrogens with one attached hydrogen (secondary N) is 1. The van der Waals surface area contributed by atoms with Crippen LogP contribution in [0.4, 0.5) is 0 Å². The number of amides is 1. The predicted molar refractivity (Wildman–Crippen MR) is 64.8 cm³/mol. The lowest BCUT2D eigenvalue weighted by atomic mass is 10.2. The third-order valence-electron chi connectivity index (χ3n) is 1.98. The summed E-state index contributed by atoms with van der Waals surface area (Å²) in [7, 11) is 0. The second kappa shape index (κ2) is 8.12. The van der Waals surface area contributed by atoms with Crippen molar-refractivity contribution < 1.29 is 4.79 Å². The molecule has 0 aliphatic rings. The third-order valence-corrected chi connectivity index (χ3v) is 1.98. The maximum absolute atomic E-state index is 11.6. The number of hydrogen-bond acceptors (Lipinski definition) is 3. The third kappa shape index (κ3) is 8.25. The van der Waals surface area contributed by atoms with Gasteiger partial charge >= 0.3 is 0 Å². The molecule has 92 valence electrons. The van der Waals surface area contributed by atoms with E-state index >= 15 is 0 Å². The van der Waals surface area contributed by atoms with E-state index in [1.54, 1.807) is 0 Å². The van der Waals surface area contributed by atoms with E-state index in [-0.39, 0.29) is 11.9 Å². The van der Waals surface area contributed by atoms with Crippen molar-refractivity contribution in [3.05, 3.63) is 0 Å². The Hall–Kier alpha value is -1.08. The maximum atomic E-state index is 11.6. The Balaban J connectivity index is 4.09. The Bertz CT molecular complexity index is 243. The molecule has 0 spiro atoms. The van der Waals surface area contributed by atoms with E-state index in [2.05, 4.69) is 25.2 Å². The van der Waals surface area contributed by atoms with Gasteiger partial charge in [-0.15, -0.1) is 0 Å². The molecule has 4 nitrogen and oxygen atoms in total. The lowest BCUT2D eigenvalue weighted by molar-refractivity contribution is -0.122. The summed E-state index contributed by atoms with van der Waals surface area (Å²) in [5.74, 6) is 0.541. The van der Waals surface area contributed by atoms with Gasteiger partial charge in [-0.25, -0.2) is 0 Å². The fourth-order valence-electron chi connectivity index (χ4n) is 1.53. The molecule has 0 bridgehead atoms. The molecule has 0 aromatic carbocycles. The monoisotopic (exact) mass is 225 g/mol. The molecular formula is C12H23N3O. The molecule has 1 N–H and O–H groups in total. The summed E-state index contributed by atoms with van der Waals surface area (Å²) in [6, 6.07) is 2.28. The number of carbonyl (C=O) groups excluding carboxylic acids is 1. The van der Waals surface area contributed by atoms with Crippen molar-refractivity contribution >= 4 is 5.91 Å². The Morgan fingerprint density at radius 2 is 2.00 bits per heavy atom. The van der Waals surface area contributed by atoms with Gasteiger partial charge in [0.2, 0.25) is 5.91 Å². The summed E-state index contributed by atoms with van der Waals surface area (Å²) in [6.07, 6.45) is 0.474. The van der Waals surface area contributed by atoms with E-state index in [0.29, 0.717) is 25.4 Å². The van der Waals surface area contributed by atoms with Crippen LogP contribution >= 0.6 is 0 Å². The summed E-state index contributed by atoms with van der Waals surface area (Å²) in [4.78, 5) is 13.6. The van der Waals surface area contributed by atoms with Gasteiger partial charge in [0.05, 0.1) is 12.6 Å². The van der Waals surface area contributed by atoms with E-state index in [1.807, 2.05) is 18.7 Å². The lowest BCUT2D eigenvalue weighted by Crippen LogP contribution is -2.41. The number of nitriles is 1. The first-order valence-electron chi connectivity index (χ1n) is 5.84. The molecule has 0 aliphatic carbocycles. The molecule has 0 rings (SSSR count). The highest BCUT2D eigenvalue weighted by atomic mass is 16.2. The Morgan fingerprint density at radius 3 is 2.44 bits per heavy atom. The SMILES string of the molecule is CC(C)CN(CCC#N)CC(=O)NC(C)C. The Morgan fingerprint density at radius 1 is 1.38 bits per heavy atom. The van der Waals surface area contributed by atoms with Gasteiger partial charge in [-0.1, -0.05) is 13.8 Å². The van der Waals surface area contributed by atoms with Crippen LogP contribution in [0, 0.1) is 17.2 Å². The molecule has 0 saturated carbocycles. The van der Waals surface area contributed by atoms with Crippen LogP contribution in [0.3, 0.4) is 0 Å². The minimum atomic E-state index is 0.0357. The first-order chi connectivity index (χ1) is 7.45. The number of hydrogen-bond donors (Lipinski definition) is 1.